The third kappa shape index (κ3) is 3.49. The molecule has 0 saturated heterocycles. The Labute approximate surface area is 120 Å². The monoisotopic (exact) mass is 290 g/mol. The maximum atomic E-state index is 11.7. The molecule has 0 aliphatic rings. The first-order valence-electron chi connectivity index (χ1n) is 5.72. The van der Waals surface area contributed by atoms with Gasteiger partial charge in [-0.3, -0.25) is 0 Å². The largest absolute Gasteiger partial charge is 0.478 e. The lowest BCUT2D eigenvalue weighted by atomic mass is 10.2. The van der Waals surface area contributed by atoms with Crippen LogP contribution in [0.3, 0.4) is 0 Å². The van der Waals surface area contributed by atoms with Crippen LogP contribution in [0.15, 0.2) is 48.5 Å². The van der Waals surface area contributed by atoms with Crippen molar-refractivity contribution >= 4 is 35.0 Å². The molecule has 6 heteroatoms. The average molecular weight is 291 g/mol. The van der Waals surface area contributed by atoms with Gasteiger partial charge in [0.1, 0.15) is 0 Å². The van der Waals surface area contributed by atoms with E-state index in [9.17, 15) is 9.59 Å². The van der Waals surface area contributed by atoms with E-state index in [1.165, 1.54) is 18.2 Å². The lowest BCUT2D eigenvalue weighted by Crippen LogP contribution is -2.19. The summed E-state index contributed by atoms with van der Waals surface area (Å²) in [5, 5.41) is 14.1. The molecule has 3 N–H and O–H groups in total. The van der Waals surface area contributed by atoms with Gasteiger partial charge in [-0.15, -0.1) is 0 Å². The van der Waals surface area contributed by atoms with Crippen LogP contribution in [-0.2, 0) is 0 Å². The van der Waals surface area contributed by atoms with Crippen LogP contribution >= 0.6 is 11.6 Å². The molecule has 0 unspecified atom stereocenters. The zero-order valence-corrected chi connectivity index (χ0v) is 11.0. The number of carbonyl (C=O) groups is 2. The van der Waals surface area contributed by atoms with E-state index in [2.05, 4.69) is 10.6 Å². The summed E-state index contributed by atoms with van der Waals surface area (Å²) < 4.78 is 0. The topological polar surface area (TPSA) is 78.4 Å². The minimum atomic E-state index is -1.12. The number of aromatic carboxylic acids is 1. The van der Waals surface area contributed by atoms with Crippen molar-refractivity contribution < 1.29 is 14.7 Å². The summed E-state index contributed by atoms with van der Waals surface area (Å²) >= 11 is 5.82. The standard InChI is InChI=1S/C14H11ClN2O3/c15-12-8-10(6-7-11(12)13(18)19)17-14(20)16-9-4-2-1-3-5-9/h1-8H,(H,18,19)(H2,16,17,20). The smallest absolute Gasteiger partial charge is 0.337 e. The molecule has 0 radical (unpaired) electrons. The van der Waals surface area contributed by atoms with Crippen molar-refractivity contribution in [2.45, 2.75) is 0 Å². The molecule has 0 aromatic heterocycles. The molecule has 2 aromatic carbocycles. The number of hydrogen-bond donors (Lipinski definition) is 3. The number of carboxylic acids is 1. The summed E-state index contributed by atoms with van der Waals surface area (Å²) in [6.45, 7) is 0. The molecule has 0 saturated carbocycles. The summed E-state index contributed by atoms with van der Waals surface area (Å²) in [6.07, 6.45) is 0. The molecular weight excluding hydrogens is 280 g/mol. The highest BCUT2D eigenvalue weighted by molar-refractivity contribution is 6.33. The Morgan fingerprint density at radius 3 is 2.20 bits per heavy atom. The fourth-order valence-electron chi connectivity index (χ4n) is 1.58. The van der Waals surface area contributed by atoms with Crippen molar-refractivity contribution in [2.24, 2.45) is 0 Å². The fraction of sp³-hybridized carbons (Fsp3) is 0. The molecule has 20 heavy (non-hydrogen) atoms. The number of para-hydroxylation sites is 1. The van der Waals surface area contributed by atoms with E-state index >= 15 is 0 Å². The third-order valence-electron chi connectivity index (χ3n) is 2.49. The van der Waals surface area contributed by atoms with E-state index in [0.717, 1.165) is 0 Å². The van der Waals surface area contributed by atoms with Crippen LogP contribution in [-0.4, -0.2) is 17.1 Å². The van der Waals surface area contributed by atoms with Crippen LogP contribution in [0.4, 0.5) is 16.2 Å². The molecule has 5 nitrogen and oxygen atoms in total. The summed E-state index contributed by atoms with van der Waals surface area (Å²) in [4.78, 5) is 22.5. The van der Waals surface area contributed by atoms with Gasteiger partial charge in [-0.2, -0.15) is 0 Å². The van der Waals surface area contributed by atoms with Crippen molar-refractivity contribution in [2.75, 3.05) is 10.6 Å². The lowest BCUT2D eigenvalue weighted by molar-refractivity contribution is 0.0697. The normalized spacial score (nSPS) is 9.85. The molecule has 0 fully saturated rings. The highest BCUT2D eigenvalue weighted by atomic mass is 35.5. The summed E-state index contributed by atoms with van der Waals surface area (Å²) in [6, 6.07) is 12.7. The molecule has 0 spiro atoms. The lowest BCUT2D eigenvalue weighted by Gasteiger charge is -2.08. The van der Waals surface area contributed by atoms with Gasteiger partial charge in [0.2, 0.25) is 0 Å². The molecule has 0 bridgehead atoms. The van der Waals surface area contributed by atoms with Crippen molar-refractivity contribution in [1.82, 2.24) is 0 Å². The molecule has 102 valence electrons. The van der Waals surface area contributed by atoms with Gasteiger partial charge in [0, 0.05) is 11.4 Å². The highest BCUT2D eigenvalue weighted by Gasteiger charge is 2.10. The number of carboxylic acid groups (broad SMARTS) is 1. The zero-order chi connectivity index (χ0) is 14.5. The zero-order valence-electron chi connectivity index (χ0n) is 10.3. The summed E-state index contributed by atoms with van der Waals surface area (Å²) in [7, 11) is 0. The van der Waals surface area contributed by atoms with Crippen LogP contribution in [0.5, 0.6) is 0 Å². The molecule has 0 heterocycles. The van der Waals surface area contributed by atoms with Gasteiger partial charge < -0.3 is 15.7 Å². The maximum absolute atomic E-state index is 11.7. The van der Waals surface area contributed by atoms with E-state index in [1.807, 2.05) is 6.07 Å². The molecule has 0 aliphatic heterocycles. The molecule has 2 rings (SSSR count). The Hall–Kier alpha value is -2.53. The van der Waals surface area contributed by atoms with Crippen LogP contribution in [0.1, 0.15) is 10.4 Å². The van der Waals surface area contributed by atoms with Crippen LogP contribution in [0.2, 0.25) is 5.02 Å². The van der Waals surface area contributed by atoms with Crippen molar-refractivity contribution in [1.29, 1.82) is 0 Å². The van der Waals surface area contributed by atoms with E-state index in [4.69, 9.17) is 16.7 Å². The van der Waals surface area contributed by atoms with Gasteiger partial charge in [0.25, 0.3) is 0 Å². The minimum Gasteiger partial charge on any atom is -0.478 e. The number of rotatable bonds is 3. The first-order chi connectivity index (χ1) is 9.56. The van der Waals surface area contributed by atoms with E-state index < -0.39 is 12.0 Å². The van der Waals surface area contributed by atoms with Crippen molar-refractivity contribution in [3.8, 4) is 0 Å². The first kappa shape index (κ1) is 13.9. The number of halogens is 1. The first-order valence-corrected chi connectivity index (χ1v) is 6.10. The second kappa shape index (κ2) is 6.08. The molecular formula is C14H11ClN2O3. The predicted octanol–water partition coefficient (Wildman–Crippen LogP) is 3.68. The average Bonchev–Trinajstić information content (AvgIpc) is 2.39. The van der Waals surface area contributed by atoms with Gasteiger partial charge in [-0.25, -0.2) is 9.59 Å². The van der Waals surface area contributed by atoms with Gasteiger partial charge >= 0.3 is 12.0 Å². The second-order valence-corrected chi connectivity index (χ2v) is 4.35. The highest BCUT2D eigenvalue weighted by Crippen LogP contribution is 2.21. The number of anilines is 2. The van der Waals surface area contributed by atoms with Gasteiger partial charge in [0.15, 0.2) is 0 Å². The summed E-state index contributed by atoms with van der Waals surface area (Å²) in [5.41, 5.74) is 1.05. The number of benzene rings is 2. The fourth-order valence-corrected chi connectivity index (χ4v) is 1.84. The number of hydrogen-bond acceptors (Lipinski definition) is 2. The predicted molar refractivity (Wildman–Crippen MR) is 77.5 cm³/mol. The SMILES string of the molecule is O=C(Nc1ccccc1)Nc1ccc(C(=O)O)c(Cl)c1. The third-order valence-corrected chi connectivity index (χ3v) is 2.80. The quantitative estimate of drug-likeness (QED) is 0.807. The molecule has 2 amide bonds. The Morgan fingerprint density at radius 2 is 1.60 bits per heavy atom. The Balaban J connectivity index is 2.05. The number of nitrogens with one attached hydrogen (secondary N) is 2. The van der Waals surface area contributed by atoms with Crippen LogP contribution in [0, 0.1) is 0 Å². The molecule has 0 aliphatic carbocycles. The Bertz CT molecular complexity index is 644. The van der Waals surface area contributed by atoms with Gasteiger partial charge in [0.05, 0.1) is 10.6 Å². The van der Waals surface area contributed by atoms with Crippen molar-refractivity contribution in [3.05, 3.63) is 59.1 Å². The molecule has 0 atom stereocenters. The van der Waals surface area contributed by atoms with E-state index in [1.54, 1.807) is 24.3 Å². The Morgan fingerprint density at radius 1 is 0.950 bits per heavy atom. The van der Waals surface area contributed by atoms with E-state index in [0.29, 0.717) is 11.4 Å². The number of urea groups is 1. The van der Waals surface area contributed by atoms with Gasteiger partial charge in [-0.1, -0.05) is 29.8 Å². The van der Waals surface area contributed by atoms with Gasteiger partial charge in [-0.05, 0) is 30.3 Å². The second-order valence-electron chi connectivity index (χ2n) is 3.94. The summed E-state index contributed by atoms with van der Waals surface area (Å²) in [5.74, 6) is -1.12. The van der Waals surface area contributed by atoms with E-state index in [-0.39, 0.29) is 10.6 Å². The maximum Gasteiger partial charge on any atom is 0.337 e. The molecule has 2 aromatic rings. The number of carbonyl (C=O) groups excluding carboxylic acids is 1. The van der Waals surface area contributed by atoms with Crippen molar-refractivity contribution in [3.63, 3.8) is 0 Å². The van der Waals surface area contributed by atoms with Crippen LogP contribution in [0.25, 0.3) is 0 Å². The minimum absolute atomic E-state index is 0.0133. The number of amides is 2. The Kier molecular flexibility index (Phi) is 4.22. The van der Waals surface area contributed by atoms with Crippen LogP contribution < -0.4 is 10.6 Å².